The van der Waals surface area contributed by atoms with Crippen LogP contribution >= 0.6 is 0 Å². The van der Waals surface area contributed by atoms with Gasteiger partial charge in [0, 0.05) is 27.4 Å². The summed E-state index contributed by atoms with van der Waals surface area (Å²) in [4.78, 5) is 0.310. The van der Waals surface area contributed by atoms with E-state index in [4.69, 9.17) is 22.8 Å². The molecule has 0 N–H and O–H groups in total. The molecule has 2 aromatic carbocycles. The second-order valence-electron chi connectivity index (χ2n) is 11.9. The van der Waals surface area contributed by atoms with Gasteiger partial charge in [-0.25, -0.2) is 8.42 Å². The zero-order chi connectivity index (χ0) is 32.6. The summed E-state index contributed by atoms with van der Waals surface area (Å²) < 4.78 is 54.1. The predicted molar refractivity (Wildman–Crippen MR) is 186 cm³/mol. The van der Waals surface area contributed by atoms with Crippen LogP contribution < -0.4 is 9.47 Å². The highest BCUT2D eigenvalue weighted by Crippen LogP contribution is 2.23. The van der Waals surface area contributed by atoms with Gasteiger partial charge in [0.25, 0.3) is 0 Å². The molecule has 0 amide bonds. The molecule has 0 aliphatic carbocycles. The van der Waals surface area contributed by atoms with Crippen molar-refractivity contribution in [1.82, 2.24) is 0 Å². The summed E-state index contributed by atoms with van der Waals surface area (Å²) in [5.74, 6) is 1.45. The van der Waals surface area contributed by atoms with Crippen molar-refractivity contribution in [3.63, 3.8) is 0 Å². The SMILES string of the molecule is CCCCCCCCCCOc1ccc(CS(=O)(=O)c2ccc(OCCCCCCCCCC[Si](OC)(OC)OC)cc2)cc1. The Morgan fingerprint density at radius 2 is 0.933 bits per heavy atom. The van der Waals surface area contributed by atoms with Crippen molar-refractivity contribution in [3.05, 3.63) is 54.1 Å². The molecule has 2 rings (SSSR count). The Labute approximate surface area is 275 Å². The third-order valence-electron chi connectivity index (χ3n) is 8.31. The number of unbranched alkanes of at least 4 members (excludes halogenated alkanes) is 14. The number of rotatable bonds is 28. The summed E-state index contributed by atoms with van der Waals surface area (Å²) in [6.07, 6.45) is 19.3. The summed E-state index contributed by atoms with van der Waals surface area (Å²) >= 11 is 0. The van der Waals surface area contributed by atoms with Crippen LogP contribution in [0.4, 0.5) is 0 Å². The maximum Gasteiger partial charge on any atom is 0.500 e. The molecule has 0 fully saturated rings. The first-order valence-corrected chi connectivity index (χ1v) is 20.8. The number of benzene rings is 2. The number of hydrogen-bond acceptors (Lipinski definition) is 7. The molecule has 0 aliphatic rings. The van der Waals surface area contributed by atoms with E-state index in [0.717, 1.165) is 43.0 Å². The fraction of sp³-hybridized carbons (Fsp3) is 0.667. The maximum absolute atomic E-state index is 13.0. The second-order valence-corrected chi connectivity index (χ2v) is 17.0. The summed E-state index contributed by atoms with van der Waals surface area (Å²) in [6, 6.07) is 15.1. The fourth-order valence-electron chi connectivity index (χ4n) is 5.40. The van der Waals surface area contributed by atoms with Gasteiger partial charge in [-0.2, -0.15) is 0 Å². The predicted octanol–water partition coefficient (Wildman–Crippen LogP) is 9.56. The Morgan fingerprint density at radius 3 is 1.38 bits per heavy atom. The van der Waals surface area contributed by atoms with E-state index in [1.807, 2.05) is 24.3 Å². The highest BCUT2D eigenvalue weighted by molar-refractivity contribution is 7.90. The van der Waals surface area contributed by atoms with E-state index in [1.54, 1.807) is 45.6 Å². The Hall–Kier alpha value is -1.91. The average molecular weight is 665 g/mol. The monoisotopic (exact) mass is 664 g/mol. The molecule has 0 bridgehead atoms. The molecule has 0 spiro atoms. The smallest absolute Gasteiger partial charge is 0.494 e. The standard InChI is InChI=1S/C36H60O7SSi/c1-5-6-7-8-9-12-15-18-29-42-34-23-21-33(22-24-34)32-44(37,38)36-27-25-35(26-28-36)43-30-19-16-13-10-11-14-17-20-31-45(39-2,40-3)41-4/h21-28H,5-20,29-32H2,1-4H3. The molecule has 0 unspecified atom stereocenters. The number of ether oxygens (including phenoxy) is 2. The minimum absolute atomic E-state index is 0.0402. The van der Waals surface area contributed by atoms with Crippen molar-refractivity contribution in [3.8, 4) is 11.5 Å². The largest absolute Gasteiger partial charge is 0.500 e. The molecule has 9 heteroatoms. The van der Waals surface area contributed by atoms with Crippen molar-refractivity contribution in [2.45, 2.75) is 126 Å². The molecule has 0 saturated carbocycles. The van der Waals surface area contributed by atoms with E-state index in [0.29, 0.717) is 23.9 Å². The lowest BCUT2D eigenvalue weighted by molar-refractivity contribution is 0.122. The van der Waals surface area contributed by atoms with E-state index >= 15 is 0 Å². The highest BCUT2D eigenvalue weighted by atomic mass is 32.2. The van der Waals surface area contributed by atoms with Gasteiger partial charge in [-0.05, 0) is 61.2 Å². The Morgan fingerprint density at radius 1 is 0.533 bits per heavy atom. The first kappa shape index (κ1) is 39.3. The zero-order valence-corrected chi connectivity index (χ0v) is 30.3. The molecule has 0 aromatic heterocycles. The van der Waals surface area contributed by atoms with Gasteiger partial charge in [0.15, 0.2) is 9.84 Å². The van der Waals surface area contributed by atoms with E-state index in [-0.39, 0.29) is 5.75 Å². The summed E-state index contributed by atoms with van der Waals surface area (Å²) in [6.45, 7) is 3.58. The fourth-order valence-corrected chi connectivity index (χ4v) is 8.55. The Kier molecular flexibility index (Phi) is 20.4. The third kappa shape index (κ3) is 16.5. The molecule has 0 radical (unpaired) electrons. The van der Waals surface area contributed by atoms with Crippen LogP contribution in [0.3, 0.4) is 0 Å². The Balaban J connectivity index is 1.57. The second kappa shape index (κ2) is 23.4. The number of sulfone groups is 1. The van der Waals surface area contributed by atoms with Gasteiger partial charge in [-0.15, -0.1) is 0 Å². The summed E-state index contributed by atoms with van der Waals surface area (Å²) in [7, 11) is -0.875. The lowest BCUT2D eigenvalue weighted by Crippen LogP contribution is -2.42. The van der Waals surface area contributed by atoms with Crippen LogP contribution in [-0.2, 0) is 28.9 Å². The van der Waals surface area contributed by atoms with Gasteiger partial charge in [-0.3, -0.25) is 0 Å². The van der Waals surface area contributed by atoms with Crippen molar-refractivity contribution in [1.29, 1.82) is 0 Å². The van der Waals surface area contributed by atoms with Gasteiger partial charge >= 0.3 is 8.80 Å². The molecule has 2 aromatic rings. The molecule has 256 valence electrons. The van der Waals surface area contributed by atoms with E-state index < -0.39 is 18.6 Å². The van der Waals surface area contributed by atoms with Gasteiger partial charge < -0.3 is 22.8 Å². The summed E-state index contributed by atoms with van der Waals surface area (Å²) in [5, 5.41) is 0. The number of hydrogen-bond donors (Lipinski definition) is 0. The highest BCUT2D eigenvalue weighted by Gasteiger charge is 2.36. The molecule has 0 heterocycles. The van der Waals surface area contributed by atoms with Gasteiger partial charge in [0.05, 0.1) is 23.9 Å². The quantitative estimate of drug-likeness (QED) is 0.0662. The van der Waals surface area contributed by atoms with Gasteiger partial charge in [0.2, 0.25) is 0 Å². The van der Waals surface area contributed by atoms with E-state index in [2.05, 4.69) is 6.92 Å². The normalized spacial score (nSPS) is 12.0. The first-order valence-electron chi connectivity index (χ1n) is 17.2. The van der Waals surface area contributed by atoms with Gasteiger partial charge in [-0.1, -0.05) is 103 Å². The van der Waals surface area contributed by atoms with Crippen LogP contribution in [0.5, 0.6) is 11.5 Å². The van der Waals surface area contributed by atoms with Crippen LogP contribution in [0.1, 0.15) is 115 Å². The topological polar surface area (TPSA) is 80.3 Å². The summed E-state index contributed by atoms with van der Waals surface area (Å²) in [5.41, 5.74) is 0.752. The van der Waals surface area contributed by atoms with Crippen LogP contribution in [0.15, 0.2) is 53.4 Å². The van der Waals surface area contributed by atoms with Crippen LogP contribution in [0.25, 0.3) is 0 Å². The van der Waals surface area contributed by atoms with Crippen LogP contribution in [0.2, 0.25) is 6.04 Å². The average Bonchev–Trinajstić information content (AvgIpc) is 3.06. The minimum atomic E-state index is -3.45. The van der Waals surface area contributed by atoms with Gasteiger partial charge in [0.1, 0.15) is 11.5 Å². The molecule has 0 atom stereocenters. The van der Waals surface area contributed by atoms with E-state index in [1.165, 1.54) is 77.0 Å². The molecule has 7 nitrogen and oxygen atoms in total. The van der Waals surface area contributed by atoms with Crippen LogP contribution in [-0.4, -0.2) is 51.8 Å². The molecular weight excluding hydrogens is 605 g/mol. The lowest BCUT2D eigenvalue weighted by atomic mass is 10.1. The van der Waals surface area contributed by atoms with Crippen molar-refractivity contribution in [2.75, 3.05) is 34.5 Å². The zero-order valence-electron chi connectivity index (χ0n) is 28.5. The van der Waals surface area contributed by atoms with Crippen LogP contribution in [0, 0.1) is 0 Å². The maximum atomic E-state index is 13.0. The Bertz CT molecular complexity index is 1090. The lowest BCUT2D eigenvalue weighted by Gasteiger charge is -2.24. The third-order valence-corrected chi connectivity index (χ3v) is 12.8. The molecule has 0 saturated heterocycles. The van der Waals surface area contributed by atoms with Crippen molar-refractivity contribution in [2.24, 2.45) is 0 Å². The van der Waals surface area contributed by atoms with Crippen molar-refractivity contribution < 1.29 is 31.2 Å². The minimum Gasteiger partial charge on any atom is -0.494 e. The molecule has 0 aliphatic heterocycles. The molecular formula is C36H60O7SSi. The van der Waals surface area contributed by atoms with E-state index in [9.17, 15) is 8.42 Å². The molecule has 45 heavy (non-hydrogen) atoms. The first-order chi connectivity index (χ1) is 21.9. The van der Waals surface area contributed by atoms with Crippen molar-refractivity contribution >= 4 is 18.6 Å².